The van der Waals surface area contributed by atoms with Crippen LogP contribution in [-0.4, -0.2) is 44.2 Å². The van der Waals surface area contributed by atoms with Crippen LogP contribution in [0.3, 0.4) is 0 Å². The van der Waals surface area contributed by atoms with Gasteiger partial charge in [0, 0.05) is 18.5 Å². The van der Waals surface area contributed by atoms with Gasteiger partial charge in [-0.3, -0.25) is 25.2 Å². The lowest BCUT2D eigenvalue weighted by atomic mass is 9.87. The van der Waals surface area contributed by atoms with Gasteiger partial charge >= 0.3 is 0 Å². The van der Waals surface area contributed by atoms with Gasteiger partial charge in [0.2, 0.25) is 11.8 Å². The number of sulfone groups is 1. The summed E-state index contributed by atoms with van der Waals surface area (Å²) >= 11 is 0. The van der Waals surface area contributed by atoms with Gasteiger partial charge in [-0.1, -0.05) is 32.9 Å². The third-order valence-corrected chi connectivity index (χ3v) is 6.35. The van der Waals surface area contributed by atoms with Crippen LogP contribution < -0.4 is 16.2 Å². The standard InChI is InChI=1S/C19H27N3O5S/c1-19(2,3)15-6-4-13(5-7-15)17(24)20-10-8-16(23)21-22-18(25)14-9-11-28(26,27)12-14/h4-7,14H,8-12H2,1-3H3,(H,20,24)(H,21,23)(H,22,25)/t14-/m1/s1. The number of carbonyl (C=O) groups excluding carboxylic acids is 3. The molecule has 0 unspecified atom stereocenters. The van der Waals surface area contributed by atoms with Crippen LogP contribution in [0.5, 0.6) is 0 Å². The number of hydrogen-bond donors (Lipinski definition) is 3. The minimum atomic E-state index is -3.16. The van der Waals surface area contributed by atoms with Crippen LogP contribution in [-0.2, 0) is 24.8 Å². The fraction of sp³-hybridized carbons (Fsp3) is 0.526. The van der Waals surface area contributed by atoms with Crippen molar-refractivity contribution in [2.75, 3.05) is 18.1 Å². The Morgan fingerprint density at radius 3 is 2.25 bits per heavy atom. The highest BCUT2D eigenvalue weighted by atomic mass is 32.2. The van der Waals surface area contributed by atoms with Crippen LogP contribution in [0.15, 0.2) is 24.3 Å². The maximum absolute atomic E-state index is 12.1. The topological polar surface area (TPSA) is 121 Å². The van der Waals surface area contributed by atoms with Crippen molar-refractivity contribution in [2.45, 2.75) is 39.0 Å². The number of hydrazine groups is 1. The van der Waals surface area contributed by atoms with E-state index in [0.717, 1.165) is 5.56 Å². The minimum absolute atomic E-state index is 0.000211. The molecular formula is C19H27N3O5S. The van der Waals surface area contributed by atoms with E-state index in [2.05, 4.69) is 36.9 Å². The summed E-state index contributed by atoms with van der Waals surface area (Å²) in [6.07, 6.45) is 0.239. The fourth-order valence-electron chi connectivity index (χ4n) is 2.81. The molecule has 1 saturated heterocycles. The second-order valence-corrected chi connectivity index (χ2v) is 10.2. The van der Waals surface area contributed by atoms with Crippen molar-refractivity contribution < 1.29 is 22.8 Å². The Labute approximate surface area is 165 Å². The molecule has 3 amide bonds. The van der Waals surface area contributed by atoms with Crippen molar-refractivity contribution in [1.82, 2.24) is 16.2 Å². The van der Waals surface area contributed by atoms with Crippen LogP contribution in [0.2, 0.25) is 0 Å². The Hall–Kier alpha value is -2.42. The Morgan fingerprint density at radius 1 is 1.07 bits per heavy atom. The van der Waals surface area contributed by atoms with E-state index in [1.54, 1.807) is 12.1 Å². The van der Waals surface area contributed by atoms with Gasteiger partial charge in [-0.2, -0.15) is 0 Å². The van der Waals surface area contributed by atoms with Crippen molar-refractivity contribution in [3.05, 3.63) is 35.4 Å². The smallest absolute Gasteiger partial charge is 0.251 e. The van der Waals surface area contributed by atoms with Gasteiger partial charge in [-0.25, -0.2) is 8.42 Å². The number of carbonyl (C=O) groups is 3. The van der Waals surface area contributed by atoms with Crippen LogP contribution in [0.25, 0.3) is 0 Å². The largest absolute Gasteiger partial charge is 0.352 e. The molecule has 0 aromatic heterocycles. The molecule has 0 radical (unpaired) electrons. The third-order valence-electron chi connectivity index (χ3n) is 4.58. The van der Waals surface area contributed by atoms with Crippen molar-refractivity contribution in [2.24, 2.45) is 5.92 Å². The third kappa shape index (κ3) is 6.33. The molecule has 1 aliphatic heterocycles. The van der Waals surface area contributed by atoms with Crippen LogP contribution in [0.4, 0.5) is 0 Å². The predicted molar refractivity (Wildman–Crippen MR) is 105 cm³/mol. The molecule has 154 valence electrons. The first-order valence-electron chi connectivity index (χ1n) is 9.16. The predicted octanol–water partition coefficient (Wildman–Crippen LogP) is 0.686. The molecule has 0 bridgehead atoms. The zero-order chi connectivity index (χ0) is 20.9. The fourth-order valence-corrected chi connectivity index (χ4v) is 4.55. The maximum atomic E-state index is 12.1. The highest BCUT2D eigenvalue weighted by Gasteiger charge is 2.33. The number of benzene rings is 1. The van der Waals surface area contributed by atoms with Crippen LogP contribution >= 0.6 is 0 Å². The van der Waals surface area contributed by atoms with E-state index in [1.807, 2.05) is 12.1 Å². The van der Waals surface area contributed by atoms with Gasteiger partial charge in [-0.15, -0.1) is 0 Å². The molecule has 8 nitrogen and oxygen atoms in total. The summed E-state index contributed by atoms with van der Waals surface area (Å²) in [5.74, 6) is -2.12. The molecule has 0 spiro atoms. The van der Waals surface area contributed by atoms with E-state index in [-0.39, 0.29) is 42.2 Å². The highest BCUT2D eigenvalue weighted by molar-refractivity contribution is 7.91. The number of hydrogen-bond acceptors (Lipinski definition) is 5. The quantitative estimate of drug-likeness (QED) is 0.618. The van der Waals surface area contributed by atoms with Gasteiger partial charge in [0.1, 0.15) is 0 Å². The number of nitrogens with one attached hydrogen (secondary N) is 3. The molecule has 1 fully saturated rings. The molecule has 3 N–H and O–H groups in total. The number of amides is 3. The summed E-state index contributed by atoms with van der Waals surface area (Å²) in [6, 6.07) is 7.29. The molecule has 2 rings (SSSR count). The molecule has 9 heteroatoms. The number of rotatable bonds is 5. The molecule has 1 aromatic rings. The van der Waals surface area contributed by atoms with E-state index in [1.165, 1.54) is 0 Å². The summed E-state index contributed by atoms with van der Waals surface area (Å²) in [7, 11) is -3.16. The molecular weight excluding hydrogens is 382 g/mol. The molecule has 0 saturated carbocycles. The monoisotopic (exact) mass is 409 g/mol. The summed E-state index contributed by atoms with van der Waals surface area (Å²) in [5.41, 5.74) is 6.10. The van der Waals surface area contributed by atoms with Crippen molar-refractivity contribution in [3.8, 4) is 0 Å². The van der Waals surface area contributed by atoms with Gasteiger partial charge in [-0.05, 0) is 29.5 Å². The minimum Gasteiger partial charge on any atom is -0.352 e. The maximum Gasteiger partial charge on any atom is 0.251 e. The van der Waals surface area contributed by atoms with Gasteiger partial charge in [0.15, 0.2) is 9.84 Å². The summed E-state index contributed by atoms with van der Waals surface area (Å²) in [5, 5.41) is 2.65. The molecule has 1 aromatic carbocycles. The zero-order valence-electron chi connectivity index (χ0n) is 16.4. The van der Waals surface area contributed by atoms with Gasteiger partial charge in [0.05, 0.1) is 17.4 Å². The first kappa shape index (κ1) is 21.9. The average molecular weight is 410 g/mol. The van der Waals surface area contributed by atoms with E-state index >= 15 is 0 Å². The molecule has 28 heavy (non-hydrogen) atoms. The SMILES string of the molecule is CC(C)(C)c1ccc(C(=O)NCCC(=O)NNC(=O)[C@@H]2CCS(=O)(=O)C2)cc1. The summed E-state index contributed by atoms with van der Waals surface area (Å²) in [4.78, 5) is 35.7. The van der Waals surface area contributed by atoms with Crippen molar-refractivity contribution >= 4 is 27.6 Å². The summed E-state index contributed by atoms with van der Waals surface area (Å²) in [6.45, 7) is 6.38. The van der Waals surface area contributed by atoms with E-state index in [4.69, 9.17) is 0 Å². The Balaban J connectivity index is 1.70. The van der Waals surface area contributed by atoms with Gasteiger partial charge < -0.3 is 5.32 Å². The highest BCUT2D eigenvalue weighted by Crippen LogP contribution is 2.22. The molecule has 1 aliphatic rings. The van der Waals surface area contributed by atoms with E-state index in [9.17, 15) is 22.8 Å². The Morgan fingerprint density at radius 2 is 1.71 bits per heavy atom. The Kier molecular flexibility index (Phi) is 6.82. The molecule has 1 heterocycles. The summed E-state index contributed by atoms with van der Waals surface area (Å²) < 4.78 is 22.7. The normalized spacial score (nSPS) is 18.3. The van der Waals surface area contributed by atoms with Crippen molar-refractivity contribution in [1.29, 1.82) is 0 Å². The lowest BCUT2D eigenvalue weighted by Crippen LogP contribution is -2.45. The lowest BCUT2D eigenvalue weighted by Gasteiger charge is -2.19. The molecule has 0 aliphatic carbocycles. The van der Waals surface area contributed by atoms with E-state index < -0.39 is 27.6 Å². The van der Waals surface area contributed by atoms with E-state index in [0.29, 0.717) is 5.56 Å². The first-order valence-corrected chi connectivity index (χ1v) is 11.0. The first-order chi connectivity index (χ1) is 13.0. The Bertz CT molecular complexity index is 841. The van der Waals surface area contributed by atoms with Crippen LogP contribution in [0.1, 0.15) is 49.5 Å². The zero-order valence-corrected chi connectivity index (χ0v) is 17.2. The van der Waals surface area contributed by atoms with Gasteiger partial charge in [0.25, 0.3) is 5.91 Å². The van der Waals surface area contributed by atoms with Crippen molar-refractivity contribution in [3.63, 3.8) is 0 Å². The average Bonchev–Trinajstić information content (AvgIpc) is 2.99. The second-order valence-electron chi connectivity index (χ2n) is 7.97. The van der Waals surface area contributed by atoms with Crippen LogP contribution in [0, 0.1) is 5.92 Å². The lowest BCUT2D eigenvalue weighted by molar-refractivity contribution is -0.130. The second kappa shape index (κ2) is 8.72. The molecule has 1 atom stereocenters.